The minimum absolute atomic E-state index is 0.00146. The van der Waals surface area contributed by atoms with Gasteiger partial charge in [0, 0.05) is 24.7 Å². The molecule has 1 saturated heterocycles. The lowest BCUT2D eigenvalue weighted by molar-refractivity contribution is -0.151. The van der Waals surface area contributed by atoms with Gasteiger partial charge in [0.1, 0.15) is 29.8 Å². The van der Waals surface area contributed by atoms with Crippen LogP contribution in [0.1, 0.15) is 26.2 Å². The highest BCUT2D eigenvalue weighted by molar-refractivity contribution is 8.00. The molecule has 0 aromatic heterocycles. The molecule has 0 bridgehead atoms. The first-order valence-electron chi connectivity index (χ1n) is 8.44. The molecule has 0 aromatic rings. The molecule has 154 valence electrons. The fourth-order valence-electron chi connectivity index (χ4n) is 2.83. The zero-order valence-electron chi connectivity index (χ0n) is 15.0. The number of nitrogens with one attached hydrogen (secondary N) is 1. The third-order valence-corrected chi connectivity index (χ3v) is 5.59. The average molecular weight is 415 g/mol. The maximum atomic E-state index is 12.4. The molecule has 1 fully saturated rings. The molecular weight excluding hydrogens is 394 g/mol. The summed E-state index contributed by atoms with van der Waals surface area (Å²) in [5.41, 5.74) is 5.44. The monoisotopic (exact) mass is 415 g/mol. The van der Waals surface area contributed by atoms with Gasteiger partial charge in [0.2, 0.25) is 5.91 Å². The number of ether oxygens (including phenoxy) is 1. The van der Waals surface area contributed by atoms with Crippen LogP contribution in [0.25, 0.3) is 0 Å². The Morgan fingerprint density at radius 1 is 1.36 bits per heavy atom. The summed E-state index contributed by atoms with van der Waals surface area (Å²) in [6.07, 6.45) is 0.368. The van der Waals surface area contributed by atoms with Gasteiger partial charge >= 0.3 is 17.9 Å². The molecule has 0 spiro atoms. The van der Waals surface area contributed by atoms with E-state index in [1.54, 1.807) is 0 Å². The number of carbonyl (C=O) groups excluding carboxylic acids is 3. The van der Waals surface area contributed by atoms with Crippen LogP contribution in [-0.2, 0) is 28.7 Å². The normalized spacial score (nSPS) is 22.1. The quantitative estimate of drug-likeness (QED) is 0.266. The number of nitrogens with two attached hydrogens (primary N) is 1. The van der Waals surface area contributed by atoms with Gasteiger partial charge in [-0.1, -0.05) is 0 Å². The maximum Gasteiger partial charge on any atom is 0.352 e. The Morgan fingerprint density at radius 2 is 2.04 bits per heavy atom. The number of carboxylic acid groups (broad SMARTS) is 2. The number of β-lactam (4-membered cyclic amide) rings is 1. The molecule has 12 heteroatoms. The second-order valence-corrected chi connectivity index (χ2v) is 7.43. The fourth-order valence-corrected chi connectivity index (χ4v) is 4.16. The molecule has 2 heterocycles. The number of amides is 2. The van der Waals surface area contributed by atoms with Gasteiger partial charge < -0.3 is 26.0 Å². The van der Waals surface area contributed by atoms with E-state index in [9.17, 15) is 29.1 Å². The van der Waals surface area contributed by atoms with Gasteiger partial charge in [-0.3, -0.25) is 24.1 Å². The first-order valence-corrected chi connectivity index (χ1v) is 9.49. The van der Waals surface area contributed by atoms with E-state index in [0.29, 0.717) is 5.57 Å². The van der Waals surface area contributed by atoms with Crippen molar-refractivity contribution in [1.29, 1.82) is 0 Å². The van der Waals surface area contributed by atoms with E-state index in [0.717, 1.165) is 4.90 Å². The van der Waals surface area contributed by atoms with Crippen LogP contribution in [0.3, 0.4) is 0 Å². The van der Waals surface area contributed by atoms with Gasteiger partial charge in [0.15, 0.2) is 0 Å². The molecule has 5 N–H and O–H groups in total. The molecule has 2 rings (SSSR count). The zero-order chi connectivity index (χ0) is 21.0. The smallest absolute Gasteiger partial charge is 0.352 e. The van der Waals surface area contributed by atoms with E-state index >= 15 is 0 Å². The lowest BCUT2D eigenvalue weighted by Gasteiger charge is -2.49. The minimum atomic E-state index is -1.31. The molecule has 0 radical (unpaired) electrons. The lowest BCUT2D eigenvalue weighted by Crippen LogP contribution is -2.70. The molecule has 3 atom stereocenters. The molecule has 0 unspecified atom stereocenters. The fraction of sp³-hybridized carbons (Fsp3) is 0.562. The van der Waals surface area contributed by atoms with Crippen molar-refractivity contribution in [2.75, 3.05) is 12.4 Å². The molecule has 28 heavy (non-hydrogen) atoms. The van der Waals surface area contributed by atoms with Crippen LogP contribution < -0.4 is 11.1 Å². The van der Waals surface area contributed by atoms with Crippen molar-refractivity contribution in [1.82, 2.24) is 10.2 Å². The summed E-state index contributed by atoms with van der Waals surface area (Å²) in [6.45, 7) is 0.977. The second kappa shape index (κ2) is 9.06. The number of rotatable bonds is 9. The van der Waals surface area contributed by atoms with Crippen molar-refractivity contribution in [2.24, 2.45) is 5.73 Å². The standard InChI is InChI=1S/C16H21N3O8S/c1-7(20)27-5-8-6-28-14-11(13(22)19(14)12(8)16(25)26)18-10(21)4-2-3-9(17)15(23)24/h9,11,14H,2-6,17H2,1H3,(H,18,21)(H,23,24)(H,25,26)/t9-,11+,14-/m1/s1. The Bertz CT molecular complexity index is 737. The number of hydrogen-bond donors (Lipinski definition) is 4. The number of fused-ring (bicyclic) bond motifs is 1. The minimum Gasteiger partial charge on any atom is -0.480 e. The summed E-state index contributed by atoms with van der Waals surface area (Å²) >= 11 is 1.26. The van der Waals surface area contributed by atoms with E-state index in [1.807, 2.05) is 0 Å². The van der Waals surface area contributed by atoms with Crippen molar-refractivity contribution >= 4 is 41.5 Å². The van der Waals surface area contributed by atoms with Gasteiger partial charge in [-0.2, -0.15) is 0 Å². The summed E-state index contributed by atoms with van der Waals surface area (Å²) in [6, 6.07) is -1.92. The van der Waals surface area contributed by atoms with Gasteiger partial charge in [-0.05, 0) is 12.8 Å². The Morgan fingerprint density at radius 3 is 2.61 bits per heavy atom. The van der Waals surface area contributed by atoms with Crippen molar-refractivity contribution in [3.63, 3.8) is 0 Å². The Hall–Kier alpha value is -2.60. The Kier molecular flexibility index (Phi) is 7.02. The molecule has 0 aromatic carbocycles. The SMILES string of the molecule is CC(=O)OCC1=C(C(=O)O)N2C(=O)[C@H](NC(=O)CCC[C@@H](N)C(=O)O)[C@H]2SC1. The number of carboxylic acids is 2. The van der Waals surface area contributed by atoms with Crippen LogP contribution >= 0.6 is 11.8 Å². The molecule has 11 nitrogen and oxygen atoms in total. The maximum absolute atomic E-state index is 12.4. The highest BCUT2D eigenvalue weighted by atomic mass is 32.2. The van der Waals surface area contributed by atoms with Crippen LogP contribution in [-0.4, -0.2) is 74.7 Å². The van der Waals surface area contributed by atoms with Gasteiger partial charge in [0.05, 0.1) is 0 Å². The number of hydrogen-bond acceptors (Lipinski definition) is 8. The second-order valence-electron chi connectivity index (χ2n) is 6.33. The van der Waals surface area contributed by atoms with Crippen LogP contribution in [0.5, 0.6) is 0 Å². The molecule has 2 aliphatic rings. The van der Waals surface area contributed by atoms with Crippen molar-refractivity contribution in [3.8, 4) is 0 Å². The molecular formula is C16H21N3O8S. The highest BCUT2D eigenvalue weighted by Gasteiger charge is 2.54. The summed E-state index contributed by atoms with van der Waals surface area (Å²) in [7, 11) is 0. The van der Waals surface area contributed by atoms with E-state index in [-0.39, 0.29) is 37.3 Å². The lowest BCUT2D eigenvalue weighted by atomic mass is 10.0. The predicted octanol–water partition coefficient (Wildman–Crippen LogP) is -1.13. The summed E-state index contributed by atoms with van der Waals surface area (Å²) < 4.78 is 4.84. The Labute approximate surface area is 164 Å². The van der Waals surface area contributed by atoms with Crippen LogP contribution in [0.4, 0.5) is 0 Å². The van der Waals surface area contributed by atoms with Crippen LogP contribution in [0, 0.1) is 0 Å². The number of esters is 1. The third kappa shape index (κ3) is 4.81. The molecule has 2 aliphatic heterocycles. The van der Waals surface area contributed by atoms with Crippen molar-refractivity contribution < 1.29 is 38.9 Å². The first-order chi connectivity index (χ1) is 13.1. The van der Waals surface area contributed by atoms with Crippen LogP contribution in [0.2, 0.25) is 0 Å². The molecule has 2 amide bonds. The van der Waals surface area contributed by atoms with Gasteiger partial charge in [-0.15, -0.1) is 11.8 Å². The zero-order valence-corrected chi connectivity index (χ0v) is 15.9. The third-order valence-electron chi connectivity index (χ3n) is 4.25. The van der Waals surface area contributed by atoms with E-state index in [4.69, 9.17) is 15.6 Å². The van der Waals surface area contributed by atoms with E-state index in [2.05, 4.69) is 5.32 Å². The number of carbonyl (C=O) groups is 5. The number of thioether (sulfide) groups is 1. The van der Waals surface area contributed by atoms with Gasteiger partial charge in [-0.25, -0.2) is 4.79 Å². The Balaban J connectivity index is 1.96. The summed E-state index contributed by atoms with van der Waals surface area (Å²) in [4.78, 5) is 58.7. The number of aliphatic carboxylic acids is 2. The van der Waals surface area contributed by atoms with Crippen LogP contribution in [0.15, 0.2) is 11.3 Å². The number of nitrogens with zero attached hydrogens (tertiary/aromatic N) is 1. The predicted molar refractivity (Wildman–Crippen MR) is 95.8 cm³/mol. The highest BCUT2D eigenvalue weighted by Crippen LogP contribution is 2.40. The van der Waals surface area contributed by atoms with Gasteiger partial charge in [0.25, 0.3) is 5.91 Å². The first kappa shape index (κ1) is 21.7. The molecule has 0 aliphatic carbocycles. The largest absolute Gasteiger partial charge is 0.480 e. The molecule has 0 saturated carbocycles. The van der Waals surface area contributed by atoms with E-state index < -0.39 is 47.2 Å². The average Bonchev–Trinajstić information content (AvgIpc) is 2.62. The summed E-state index contributed by atoms with van der Waals surface area (Å²) in [5.74, 6) is -3.79. The van der Waals surface area contributed by atoms with Crippen molar-refractivity contribution in [2.45, 2.75) is 43.6 Å². The topological polar surface area (TPSA) is 176 Å². The van der Waals surface area contributed by atoms with E-state index in [1.165, 1.54) is 18.7 Å². The summed E-state index contributed by atoms with van der Waals surface area (Å²) in [5, 5.41) is 20.1. The van der Waals surface area contributed by atoms with Crippen molar-refractivity contribution in [3.05, 3.63) is 11.3 Å².